The van der Waals surface area contributed by atoms with Crippen LogP contribution in [0.2, 0.25) is 0 Å². The molecule has 2 aromatic heterocycles. The molecule has 6 heteroatoms. The number of hydrogen-bond donors (Lipinski definition) is 1. The lowest BCUT2D eigenvalue weighted by molar-refractivity contribution is 0.999. The predicted octanol–water partition coefficient (Wildman–Crippen LogP) is 0.999. The van der Waals surface area contributed by atoms with Gasteiger partial charge < -0.3 is 9.80 Å². The van der Waals surface area contributed by atoms with E-state index in [2.05, 4.69) is 20.2 Å². The van der Waals surface area contributed by atoms with Crippen molar-refractivity contribution in [3.05, 3.63) is 18.3 Å². The largest absolute Gasteiger partial charge is 0.363 e. The first-order chi connectivity index (χ1) is 8.08. The van der Waals surface area contributed by atoms with Crippen molar-refractivity contribution < 1.29 is 0 Å². The molecule has 0 atom stereocenters. The van der Waals surface area contributed by atoms with E-state index in [0.717, 1.165) is 17.2 Å². The molecule has 0 radical (unpaired) electrons. The fourth-order valence-corrected chi connectivity index (χ4v) is 1.39. The first-order valence-electron chi connectivity index (χ1n) is 5.31. The van der Waals surface area contributed by atoms with Gasteiger partial charge in [0.2, 0.25) is 5.95 Å². The first kappa shape index (κ1) is 11.4. The highest BCUT2D eigenvalue weighted by atomic mass is 15.3. The maximum atomic E-state index is 4.39. The van der Waals surface area contributed by atoms with Gasteiger partial charge in [-0.1, -0.05) is 0 Å². The van der Waals surface area contributed by atoms with Gasteiger partial charge >= 0.3 is 0 Å². The van der Waals surface area contributed by atoms with Gasteiger partial charge in [-0.25, -0.2) is 4.98 Å². The van der Waals surface area contributed by atoms with Gasteiger partial charge in [-0.15, -0.1) is 5.10 Å². The zero-order chi connectivity index (χ0) is 12.4. The number of hydrogen-bond acceptors (Lipinski definition) is 5. The highest BCUT2D eigenvalue weighted by molar-refractivity contribution is 5.60. The molecule has 0 aliphatic rings. The molecular formula is C11H16N6. The zero-order valence-corrected chi connectivity index (χ0v) is 10.5. The van der Waals surface area contributed by atoms with Crippen LogP contribution in [0, 0.1) is 0 Å². The molecule has 2 rings (SSSR count). The number of nitrogens with zero attached hydrogens (tertiary/aromatic N) is 5. The molecule has 0 fully saturated rings. The molecule has 0 aliphatic heterocycles. The lowest BCUT2D eigenvalue weighted by atomic mass is 10.2. The molecule has 90 valence electrons. The van der Waals surface area contributed by atoms with E-state index in [1.807, 2.05) is 50.1 Å². The Morgan fingerprint density at radius 1 is 1.12 bits per heavy atom. The van der Waals surface area contributed by atoms with Gasteiger partial charge in [-0.3, -0.25) is 5.10 Å². The third-order valence-electron chi connectivity index (χ3n) is 2.35. The van der Waals surface area contributed by atoms with E-state index in [4.69, 9.17) is 0 Å². The molecule has 2 heterocycles. The van der Waals surface area contributed by atoms with Crippen LogP contribution in [-0.2, 0) is 0 Å². The van der Waals surface area contributed by atoms with Crippen LogP contribution in [0.1, 0.15) is 0 Å². The van der Waals surface area contributed by atoms with Gasteiger partial charge in [0.1, 0.15) is 5.82 Å². The van der Waals surface area contributed by atoms with Crippen LogP contribution in [0.3, 0.4) is 0 Å². The summed E-state index contributed by atoms with van der Waals surface area (Å²) in [6.45, 7) is 0. The van der Waals surface area contributed by atoms with Crippen molar-refractivity contribution in [3.63, 3.8) is 0 Å². The highest BCUT2D eigenvalue weighted by Crippen LogP contribution is 2.19. The van der Waals surface area contributed by atoms with E-state index in [0.29, 0.717) is 5.95 Å². The molecule has 0 bridgehead atoms. The van der Waals surface area contributed by atoms with E-state index >= 15 is 0 Å². The van der Waals surface area contributed by atoms with Crippen LogP contribution < -0.4 is 9.80 Å². The Kier molecular flexibility index (Phi) is 2.95. The third-order valence-corrected chi connectivity index (χ3v) is 2.35. The van der Waals surface area contributed by atoms with Crippen LogP contribution in [-0.4, -0.2) is 48.4 Å². The predicted molar refractivity (Wildman–Crippen MR) is 68.3 cm³/mol. The minimum atomic E-state index is 0.670. The summed E-state index contributed by atoms with van der Waals surface area (Å²) in [6, 6.07) is 3.88. The van der Waals surface area contributed by atoms with Gasteiger partial charge in [-0.05, 0) is 12.1 Å². The normalized spacial score (nSPS) is 10.4. The molecule has 2 aromatic rings. The van der Waals surface area contributed by atoms with Gasteiger partial charge in [0.05, 0.1) is 0 Å². The summed E-state index contributed by atoms with van der Waals surface area (Å²) in [5.41, 5.74) is 0.976. The summed E-state index contributed by atoms with van der Waals surface area (Å²) in [4.78, 5) is 12.5. The molecule has 17 heavy (non-hydrogen) atoms. The van der Waals surface area contributed by atoms with Gasteiger partial charge in [-0.2, -0.15) is 4.98 Å². The second kappa shape index (κ2) is 4.40. The maximum absolute atomic E-state index is 4.39. The molecule has 6 nitrogen and oxygen atoms in total. The maximum Gasteiger partial charge on any atom is 0.244 e. The van der Waals surface area contributed by atoms with Crippen molar-refractivity contribution in [2.75, 3.05) is 38.0 Å². The van der Waals surface area contributed by atoms with Crippen LogP contribution in [0.5, 0.6) is 0 Å². The Morgan fingerprint density at radius 3 is 2.47 bits per heavy atom. The zero-order valence-electron chi connectivity index (χ0n) is 10.5. The van der Waals surface area contributed by atoms with Crippen LogP contribution in [0.4, 0.5) is 11.8 Å². The Bertz CT molecular complexity index is 502. The van der Waals surface area contributed by atoms with Crippen LogP contribution in [0.15, 0.2) is 18.3 Å². The Morgan fingerprint density at radius 2 is 1.88 bits per heavy atom. The fraction of sp³-hybridized carbons (Fsp3) is 0.364. The molecule has 0 aromatic carbocycles. The Hall–Kier alpha value is -2.11. The number of aromatic amines is 1. The minimum absolute atomic E-state index is 0.670. The van der Waals surface area contributed by atoms with Crippen molar-refractivity contribution in [2.45, 2.75) is 0 Å². The Labute approximate surface area is 100 Å². The van der Waals surface area contributed by atoms with Crippen molar-refractivity contribution in [2.24, 2.45) is 0 Å². The second-order valence-electron chi connectivity index (χ2n) is 4.18. The summed E-state index contributed by atoms with van der Waals surface area (Å²) in [5, 5.41) is 7.04. The average Bonchev–Trinajstić information content (AvgIpc) is 2.78. The summed E-state index contributed by atoms with van der Waals surface area (Å²) < 4.78 is 0. The smallest absolute Gasteiger partial charge is 0.244 e. The first-order valence-corrected chi connectivity index (χ1v) is 5.31. The number of anilines is 2. The second-order valence-corrected chi connectivity index (χ2v) is 4.18. The van der Waals surface area contributed by atoms with Crippen molar-refractivity contribution >= 4 is 11.8 Å². The topological polar surface area (TPSA) is 60.9 Å². The number of pyridine rings is 1. The van der Waals surface area contributed by atoms with Gasteiger partial charge in [0.15, 0.2) is 5.82 Å². The van der Waals surface area contributed by atoms with Crippen molar-refractivity contribution in [1.29, 1.82) is 0 Å². The fourth-order valence-electron chi connectivity index (χ4n) is 1.39. The van der Waals surface area contributed by atoms with E-state index < -0.39 is 0 Å². The monoisotopic (exact) mass is 232 g/mol. The summed E-state index contributed by atoms with van der Waals surface area (Å²) in [5.74, 6) is 2.31. The molecule has 0 saturated carbocycles. The Balaban J connectivity index is 2.35. The standard InChI is InChI=1S/C11H16N6/c1-16(2)9-7-8(5-6-12-9)10-13-11(15-14-10)17(3)4/h5-7H,1-4H3,(H,13,14,15). The lowest BCUT2D eigenvalue weighted by Crippen LogP contribution is -2.10. The molecular weight excluding hydrogens is 216 g/mol. The van der Waals surface area contributed by atoms with Gasteiger partial charge in [0, 0.05) is 40.0 Å². The van der Waals surface area contributed by atoms with Gasteiger partial charge in [0.25, 0.3) is 0 Å². The van der Waals surface area contributed by atoms with E-state index in [-0.39, 0.29) is 0 Å². The number of H-pyrrole nitrogens is 1. The molecule has 0 amide bonds. The summed E-state index contributed by atoms with van der Waals surface area (Å²) in [6.07, 6.45) is 1.77. The molecule has 0 aliphatic carbocycles. The molecule has 0 spiro atoms. The van der Waals surface area contributed by atoms with Crippen LogP contribution in [0.25, 0.3) is 11.4 Å². The molecule has 0 unspecified atom stereocenters. The number of nitrogens with one attached hydrogen (secondary N) is 1. The molecule has 0 saturated heterocycles. The number of rotatable bonds is 3. The van der Waals surface area contributed by atoms with E-state index in [1.165, 1.54) is 0 Å². The summed E-state index contributed by atoms with van der Waals surface area (Å²) in [7, 11) is 7.73. The third kappa shape index (κ3) is 2.35. The van der Waals surface area contributed by atoms with Crippen LogP contribution >= 0.6 is 0 Å². The van der Waals surface area contributed by atoms with E-state index in [1.54, 1.807) is 6.20 Å². The average molecular weight is 232 g/mol. The van der Waals surface area contributed by atoms with E-state index in [9.17, 15) is 0 Å². The molecule has 1 N–H and O–H groups in total. The number of aromatic nitrogens is 4. The lowest BCUT2D eigenvalue weighted by Gasteiger charge is -2.11. The highest BCUT2D eigenvalue weighted by Gasteiger charge is 2.08. The summed E-state index contributed by atoms with van der Waals surface area (Å²) >= 11 is 0. The van der Waals surface area contributed by atoms with Crippen molar-refractivity contribution in [3.8, 4) is 11.4 Å². The quantitative estimate of drug-likeness (QED) is 0.855. The minimum Gasteiger partial charge on any atom is -0.363 e. The van der Waals surface area contributed by atoms with Crippen molar-refractivity contribution in [1.82, 2.24) is 20.2 Å². The SMILES string of the molecule is CN(C)c1cc(-c2nc(N(C)C)n[nH]2)ccn1.